The van der Waals surface area contributed by atoms with E-state index in [0.29, 0.717) is 18.5 Å². The van der Waals surface area contributed by atoms with Crippen LogP contribution in [-0.2, 0) is 16.0 Å². The zero-order valence-corrected chi connectivity index (χ0v) is 22.7. The van der Waals surface area contributed by atoms with Gasteiger partial charge in [0.15, 0.2) is 0 Å². The van der Waals surface area contributed by atoms with Crippen molar-refractivity contribution in [3.63, 3.8) is 0 Å². The predicted octanol–water partition coefficient (Wildman–Crippen LogP) is 6.57. The molecule has 2 aromatic rings. The van der Waals surface area contributed by atoms with Crippen LogP contribution in [0.4, 0.5) is 0 Å². The normalized spacial score (nSPS) is 24.0. The van der Waals surface area contributed by atoms with E-state index in [2.05, 4.69) is 70.1 Å². The molecule has 0 N–H and O–H groups in total. The molecule has 0 spiro atoms. The predicted molar refractivity (Wildman–Crippen MR) is 141 cm³/mol. The second kappa shape index (κ2) is 9.86. The first-order valence-electron chi connectivity index (χ1n) is 12.8. The summed E-state index contributed by atoms with van der Waals surface area (Å²) in [5.74, 6) is 0.517. The number of benzene rings is 2. The molecular formula is C29H41NO3Si. The van der Waals surface area contributed by atoms with Crippen LogP contribution in [0.3, 0.4) is 0 Å². The van der Waals surface area contributed by atoms with Crippen molar-refractivity contribution < 1.29 is 14.0 Å². The molecule has 2 aromatic carbocycles. The van der Waals surface area contributed by atoms with Crippen molar-refractivity contribution in [2.24, 2.45) is 0 Å². The van der Waals surface area contributed by atoms with E-state index >= 15 is 0 Å². The van der Waals surface area contributed by atoms with Crippen molar-refractivity contribution in [3.8, 4) is 5.75 Å². The average Bonchev–Trinajstić information content (AvgIpc) is 2.98. The zero-order valence-electron chi connectivity index (χ0n) is 21.7. The summed E-state index contributed by atoms with van der Waals surface area (Å²) in [6.45, 7) is 11.3. The highest BCUT2D eigenvalue weighted by Gasteiger charge is 2.41. The van der Waals surface area contributed by atoms with Crippen LogP contribution in [0, 0.1) is 0 Å². The Bertz CT molecular complexity index is 953. The molecule has 4 nitrogen and oxygen atoms in total. The molecule has 184 valence electrons. The van der Waals surface area contributed by atoms with E-state index in [1.807, 2.05) is 30.3 Å². The fourth-order valence-electron chi connectivity index (χ4n) is 5.10. The maximum atomic E-state index is 13.4. The average molecular weight is 480 g/mol. The second-order valence-electron chi connectivity index (χ2n) is 11.8. The number of carbonyl (C=O) groups excluding carboxylic acids is 1. The number of esters is 1. The van der Waals surface area contributed by atoms with Crippen LogP contribution >= 0.6 is 0 Å². The van der Waals surface area contributed by atoms with Gasteiger partial charge in [0.2, 0.25) is 8.32 Å². The molecule has 1 unspecified atom stereocenters. The van der Waals surface area contributed by atoms with Crippen LogP contribution in [0.15, 0.2) is 54.6 Å². The summed E-state index contributed by atoms with van der Waals surface area (Å²) in [7, 11) is 0.334. The van der Waals surface area contributed by atoms with E-state index in [1.165, 1.54) is 12.8 Å². The van der Waals surface area contributed by atoms with Gasteiger partial charge >= 0.3 is 5.97 Å². The Morgan fingerprint density at radius 3 is 2.15 bits per heavy atom. The Labute approximate surface area is 206 Å². The molecule has 0 aromatic heterocycles. The van der Waals surface area contributed by atoms with Crippen molar-refractivity contribution >= 4 is 14.3 Å². The standard InChI is InChI=1S/C29H41NO3Si/c1-29(2,3)34(5,6)33-25-16-12-21(13-17-25)18-27(22-10-8-7-9-11-22)28(31)32-26-19-23-14-15-24(20-26)30(23)4/h7-13,16-17,23-24,26-27H,14-15,18-20H2,1-6H3/t23-,24+,26+,27?. The summed E-state index contributed by atoms with van der Waals surface area (Å²) < 4.78 is 12.6. The lowest BCUT2D eigenvalue weighted by molar-refractivity contribution is -0.154. The van der Waals surface area contributed by atoms with Crippen LogP contribution in [0.2, 0.25) is 18.1 Å². The van der Waals surface area contributed by atoms with Gasteiger partial charge in [-0.25, -0.2) is 0 Å². The summed E-state index contributed by atoms with van der Waals surface area (Å²) in [6, 6.07) is 19.5. The summed E-state index contributed by atoms with van der Waals surface area (Å²) in [5.41, 5.74) is 2.14. The zero-order chi connectivity index (χ0) is 24.5. The van der Waals surface area contributed by atoms with Gasteiger partial charge in [-0.05, 0) is 80.5 Å². The molecule has 0 radical (unpaired) electrons. The smallest absolute Gasteiger partial charge is 0.314 e. The van der Waals surface area contributed by atoms with Gasteiger partial charge in [-0.15, -0.1) is 0 Å². The van der Waals surface area contributed by atoms with Crippen LogP contribution < -0.4 is 4.43 Å². The van der Waals surface area contributed by atoms with Gasteiger partial charge in [0.25, 0.3) is 0 Å². The Kier molecular flexibility index (Phi) is 7.25. The van der Waals surface area contributed by atoms with Gasteiger partial charge in [-0.2, -0.15) is 0 Å². The molecule has 0 saturated carbocycles. The highest BCUT2D eigenvalue weighted by atomic mass is 28.4. The monoisotopic (exact) mass is 479 g/mol. The van der Waals surface area contributed by atoms with E-state index in [9.17, 15) is 4.79 Å². The van der Waals surface area contributed by atoms with Gasteiger partial charge in [-0.3, -0.25) is 4.79 Å². The lowest BCUT2D eigenvalue weighted by atomic mass is 9.91. The van der Waals surface area contributed by atoms with E-state index in [0.717, 1.165) is 29.7 Å². The molecule has 4 rings (SSSR count). The fraction of sp³-hybridized carbons (Fsp3) is 0.552. The van der Waals surface area contributed by atoms with Crippen molar-refractivity contribution in [2.75, 3.05) is 7.05 Å². The first-order chi connectivity index (χ1) is 16.0. The molecule has 2 aliphatic heterocycles. The first-order valence-corrected chi connectivity index (χ1v) is 15.7. The third-order valence-electron chi connectivity index (χ3n) is 8.37. The molecule has 2 bridgehead atoms. The molecule has 5 heteroatoms. The number of nitrogens with zero attached hydrogens (tertiary/aromatic N) is 1. The lowest BCUT2D eigenvalue weighted by Crippen LogP contribution is -2.43. The Hall–Kier alpha value is -2.11. The Balaban J connectivity index is 1.46. The number of hydrogen-bond donors (Lipinski definition) is 0. The Morgan fingerprint density at radius 2 is 1.59 bits per heavy atom. The summed E-state index contributed by atoms with van der Waals surface area (Å²) in [5, 5.41) is 0.154. The minimum Gasteiger partial charge on any atom is -0.544 e. The maximum absolute atomic E-state index is 13.4. The lowest BCUT2D eigenvalue weighted by Gasteiger charge is -2.36. The highest BCUT2D eigenvalue weighted by Crippen LogP contribution is 2.38. The maximum Gasteiger partial charge on any atom is 0.314 e. The van der Waals surface area contributed by atoms with E-state index in [1.54, 1.807) is 0 Å². The minimum atomic E-state index is -1.88. The number of ether oxygens (including phenoxy) is 1. The van der Waals surface area contributed by atoms with Crippen molar-refractivity contribution in [2.45, 2.75) is 95.1 Å². The van der Waals surface area contributed by atoms with Crippen LogP contribution in [0.5, 0.6) is 5.75 Å². The van der Waals surface area contributed by atoms with Crippen molar-refractivity contribution in [1.29, 1.82) is 0 Å². The van der Waals surface area contributed by atoms with Crippen LogP contribution in [0.1, 0.15) is 63.5 Å². The number of carbonyl (C=O) groups is 1. The number of piperidine rings is 1. The quantitative estimate of drug-likeness (QED) is 0.333. The molecular weight excluding hydrogens is 438 g/mol. The van der Waals surface area contributed by atoms with Gasteiger partial charge < -0.3 is 14.1 Å². The van der Waals surface area contributed by atoms with E-state index in [-0.39, 0.29) is 23.0 Å². The first kappa shape index (κ1) is 25.0. The van der Waals surface area contributed by atoms with Gasteiger partial charge in [0, 0.05) is 12.1 Å². The molecule has 2 fully saturated rings. The van der Waals surface area contributed by atoms with Gasteiger partial charge in [-0.1, -0.05) is 63.2 Å². The number of fused-ring (bicyclic) bond motifs is 2. The fourth-order valence-corrected chi connectivity index (χ4v) is 6.14. The third-order valence-corrected chi connectivity index (χ3v) is 12.7. The van der Waals surface area contributed by atoms with Crippen molar-refractivity contribution in [3.05, 3.63) is 65.7 Å². The molecule has 0 aliphatic carbocycles. The summed E-state index contributed by atoms with van der Waals surface area (Å²) in [4.78, 5) is 15.9. The third kappa shape index (κ3) is 5.57. The second-order valence-corrected chi connectivity index (χ2v) is 16.5. The molecule has 2 heterocycles. The van der Waals surface area contributed by atoms with Gasteiger partial charge in [0.1, 0.15) is 11.9 Å². The molecule has 34 heavy (non-hydrogen) atoms. The number of hydrogen-bond acceptors (Lipinski definition) is 4. The van der Waals surface area contributed by atoms with Crippen LogP contribution in [-0.4, -0.2) is 44.4 Å². The van der Waals surface area contributed by atoms with Crippen molar-refractivity contribution in [1.82, 2.24) is 4.90 Å². The van der Waals surface area contributed by atoms with E-state index in [4.69, 9.17) is 9.16 Å². The molecule has 2 saturated heterocycles. The summed E-state index contributed by atoms with van der Waals surface area (Å²) in [6.07, 6.45) is 5.02. The number of rotatable bonds is 7. The van der Waals surface area contributed by atoms with E-state index < -0.39 is 8.32 Å². The topological polar surface area (TPSA) is 38.8 Å². The molecule has 4 atom stereocenters. The van der Waals surface area contributed by atoms with Gasteiger partial charge in [0.05, 0.1) is 5.92 Å². The Morgan fingerprint density at radius 1 is 1.00 bits per heavy atom. The summed E-state index contributed by atoms with van der Waals surface area (Å²) >= 11 is 0. The molecule has 2 aliphatic rings. The van der Waals surface area contributed by atoms with Crippen LogP contribution in [0.25, 0.3) is 0 Å². The highest BCUT2D eigenvalue weighted by molar-refractivity contribution is 6.74. The SMILES string of the molecule is CN1[C@@H]2CC[C@H]1C[C@@H](OC(=O)C(Cc1ccc(O[Si](C)(C)C(C)(C)C)cc1)c1ccccc1)C2. The minimum absolute atomic E-state index is 0.0350. The largest absolute Gasteiger partial charge is 0.544 e. The molecule has 0 amide bonds.